The summed E-state index contributed by atoms with van der Waals surface area (Å²) in [5.41, 5.74) is 1.22. The van der Waals surface area contributed by atoms with Crippen LogP contribution in [-0.4, -0.2) is 25.2 Å². The molecular weight excluding hydrogens is 304 g/mol. The van der Waals surface area contributed by atoms with Gasteiger partial charge in [0.1, 0.15) is 6.61 Å². The molecule has 0 spiro atoms. The molecule has 4 heteroatoms. The zero-order valence-corrected chi connectivity index (χ0v) is 14.8. The highest BCUT2D eigenvalue weighted by molar-refractivity contribution is 6.03. The van der Waals surface area contributed by atoms with Crippen molar-refractivity contribution in [3.8, 4) is 0 Å². The van der Waals surface area contributed by atoms with Crippen LogP contribution in [0.25, 0.3) is 0 Å². The first-order valence-corrected chi connectivity index (χ1v) is 8.64. The second kappa shape index (κ2) is 11.4. The number of rotatable bonds is 11. The molecule has 0 N–H and O–H groups in total. The highest BCUT2D eigenvalue weighted by Crippen LogP contribution is 2.13. The summed E-state index contributed by atoms with van der Waals surface area (Å²) in [4.78, 5) is 24.3. The van der Waals surface area contributed by atoms with Gasteiger partial charge in [-0.25, -0.2) is 9.59 Å². The van der Waals surface area contributed by atoms with Crippen LogP contribution in [0.2, 0.25) is 0 Å². The van der Waals surface area contributed by atoms with E-state index in [0.29, 0.717) is 6.61 Å². The average Bonchev–Trinajstić information content (AvgIpc) is 2.58. The first-order chi connectivity index (χ1) is 11.6. The molecule has 0 aliphatic carbocycles. The molecule has 132 valence electrons. The van der Waals surface area contributed by atoms with Crippen molar-refractivity contribution in [1.82, 2.24) is 0 Å². The molecule has 0 bridgehead atoms. The maximum atomic E-state index is 12.2. The molecule has 0 aromatic heterocycles. The minimum atomic E-state index is -0.537. The van der Waals surface area contributed by atoms with Gasteiger partial charge in [0.2, 0.25) is 0 Å². The fraction of sp³-hybridized carbons (Fsp3) is 0.500. The Balaban J connectivity index is 2.49. The van der Waals surface area contributed by atoms with Crippen molar-refractivity contribution >= 4 is 11.9 Å². The third-order valence-electron chi connectivity index (χ3n) is 3.55. The van der Waals surface area contributed by atoms with E-state index in [1.54, 1.807) is 31.2 Å². The van der Waals surface area contributed by atoms with Crippen LogP contribution >= 0.6 is 0 Å². The Morgan fingerprint density at radius 3 is 2.04 bits per heavy atom. The number of carbonyl (C=O) groups excluding carboxylic acids is 2. The fourth-order valence-electron chi connectivity index (χ4n) is 2.23. The monoisotopic (exact) mass is 332 g/mol. The van der Waals surface area contributed by atoms with Gasteiger partial charge < -0.3 is 9.47 Å². The first-order valence-electron chi connectivity index (χ1n) is 8.64. The lowest BCUT2D eigenvalue weighted by Gasteiger charge is -2.10. The number of unbranched alkanes of at least 4 members (excludes halogenated alkanes) is 5. The summed E-state index contributed by atoms with van der Waals surface area (Å²) in [6.07, 6.45) is 6.75. The topological polar surface area (TPSA) is 52.6 Å². The van der Waals surface area contributed by atoms with Gasteiger partial charge in [0.25, 0.3) is 0 Å². The van der Waals surface area contributed by atoms with Gasteiger partial charge in [-0.15, -0.1) is 0 Å². The van der Waals surface area contributed by atoms with E-state index >= 15 is 0 Å². The lowest BCUT2D eigenvalue weighted by Crippen LogP contribution is -2.15. The number of carbonyl (C=O) groups is 2. The predicted molar refractivity (Wildman–Crippen MR) is 95.2 cm³/mol. The molecule has 1 rings (SSSR count). The van der Waals surface area contributed by atoms with E-state index in [9.17, 15) is 9.59 Å². The largest absolute Gasteiger partial charge is 0.462 e. The van der Waals surface area contributed by atoms with Crippen molar-refractivity contribution in [3.05, 3.63) is 47.5 Å². The van der Waals surface area contributed by atoms with Crippen molar-refractivity contribution < 1.29 is 19.1 Å². The van der Waals surface area contributed by atoms with Gasteiger partial charge in [-0.2, -0.15) is 0 Å². The zero-order valence-electron chi connectivity index (χ0n) is 14.8. The first kappa shape index (κ1) is 19.9. The fourth-order valence-corrected chi connectivity index (χ4v) is 2.23. The van der Waals surface area contributed by atoms with Crippen LogP contribution < -0.4 is 0 Å². The number of hydrogen-bond acceptors (Lipinski definition) is 4. The van der Waals surface area contributed by atoms with E-state index in [1.807, 2.05) is 0 Å². The van der Waals surface area contributed by atoms with Gasteiger partial charge in [0, 0.05) is 0 Å². The maximum absolute atomic E-state index is 12.2. The Hall–Kier alpha value is -2.10. The minimum absolute atomic E-state index is 0.139. The van der Waals surface area contributed by atoms with Crippen molar-refractivity contribution in [2.75, 3.05) is 13.2 Å². The number of benzene rings is 1. The van der Waals surface area contributed by atoms with E-state index in [-0.39, 0.29) is 17.7 Å². The summed E-state index contributed by atoms with van der Waals surface area (Å²) in [5, 5.41) is 0. The van der Waals surface area contributed by atoms with Crippen LogP contribution in [0.1, 0.15) is 73.1 Å². The molecule has 0 saturated heterocycles. The van der Waals surface area contributed by atoms with Crippen molar-refractivity contribution in [2.24, 2.45) is 0 Å². The van der Waals surface area contributed by atoms with E-state index in [4.69, 9.17) is 9.47 Å². The number of ether oxygens (including phenoxy) is 2. The Labute approximate surface area is 144 Å². The van der Waals surface area contributed by atoms with Crippen LogP contribution in [-0.2, 0) is 9.47 Å². The van der Waals surface area contributed by atoms with E-state index in [0.717, 1.165) is 24.8 Å². The summed E-state index contributed by atoms with van der Waals surface area (Å²) in [6, 6.07) is 6.56. The highest BCUT2D eigenvalue weighted by Gasteiger charge is 2.18. The van der Waals surface area contributed by atoms with E-state index in [2.05, 4.69) is 13.5 Å². The van der Waals surface area contributed by atoms with Crippen molar-refractivity contribution in [1.29, 1.82) is 0 Å². The molecule has 0 unspecified atom stereocenters. The summed E-state index contributed by atoms with van der Waals surface area (Å²) in [6.45, 7) is 8.15. The van der Waals surface area contributed by atoms with E-state index in [1.165, 1.54) is 19.3 Å². The molecule has 1 aromatic carbocycles. The molecule has 0 aliphatic heterocycles. The van der Waals surface area contributed by atoms with Gasteiger partial charge in [-0.05, 0) is 31.1 Å². The summed E-state index contributed by atoms with van der Waals surface area (Å²) >= 11 is 0. The van der Waals surface area contributed by atoms with Gasteiger partial charge in [-0.3, -0.25) is 0 Å². The quantitative estimate of drug-likeness (QED) is 0.327. The molecule has 0 fully saturated rings. The van der Waals surface area contributed by atoms with Gasteiger partial charge in [0.15, 0.2) is 0 Å². The summed E-state index contributed by atoms with van der Waals surface area (Å²) in [5.74, 6) is -1.02. The number of esters is 2. The van der Waals surface area contributed by atoms with Crippen LogP contribution in [0.3, 0.4) is 0 Å². The molecule has 0 aliphatic rings. The lowest BCUT2D eigenvalue weighted by atomic mass is 10.1. The Morgan fingerprint density at radius 2 is 1.46 bits per heavy atom. The third-order valence-corrected chi connectivity index (χ3v) is 3.55. The molecule has 0 amide bonds. The Bertz CT molecular complexity index is 548. The lowest BCUT2D eigenvalue weighted by molar-refractivity contribution is 0.0467. The molecular formula is C20H28O4. The van der Waals surface area contributed by atoms with Gasteiger partial charge in [-0.1, -0.05) is 57.7 Å². The molecule has 24 heavy (non-hydrogen) atoms. The standard InChI is InChI=1S/C20H28O4/c1-4-5-6-7-8-11-14-23-19(21)17-12-9-10-13-18(17)20(22)24-15-16(2)3/h9-10,12-13H,2,4-8,11,14-15H2,1,3H3. The average molecular weight is 332 g/mol. The molecule has 0 radical (unpaired) electrons. The molecule has 0 heterocycles. The van der Waals surface area contributed by atoms with Crippen LogP contribution in [0, 0.1) is 0 Å². The normalized spacial score (nSPS) is 10.2. The zero-order chi connectivity index (χ0) is 17.8. The summed E-state index contributed by atoms with van der Waals surface area (Å²) in [7, 11) is 0. The van der Waals surface area contributed by atoms with Crippen LogP contribution in [0.4, 0.5) is 0 Å². The second-order valence-corrected chi connectivity index (χ2v) is 5.98. The van der Waals surface area contributed by atoms with Gasteiger partial charge in [0.05, 0.1) is 17.7 Å². The third kappa shape index (κ3) is 7.44. The number of hydrogen-bond donors (Lipinski definition) is 0. The summed E-state index contributed by atoms with van der Waals surface area (Å²) < 4.78 is 10.4. The highest BCUT2D eigenvalue weighted by atomic mass is 16.5. The van der Waals surface area contributed by atoms with Gasteiger partial charge >= 0.3 is 11.9 Å². The predicted octanol–water partition coefficient (Wildman–Crippen LogP) is 4.94. The second-order valence-electron chi connectivity index (χ2n) is 5.98. The van der Waals surface area contributed by atoms with Crippen molar-refractivity contribution in [2.45, 2.75) is 52.4 Å². The molecule has 0 atom stereocenters. The molecule has 4 nitrogen and oxygen atoms in total. The van der Waals surface area contributed by atoms with Crippen LogP contribution in [0.15, 0.2) is 36.4 Å². The van der Waals surface area contributed by atoms with Crippen molar-refractivity contribution in [3.63, 3.8) is 0 Å². The Kier molecular flexibility index (Phi) is 9.51. The molecule has 1 aromatic rings. The van der Waals surface area contributed by atoms with E-state index < -0.39 is 11.9 Å². The smallest absolute Gasteiger partial charge is 0.339 e. The Morgan fingerprint density at radius 1 is 0.917 bits per heavy atom. The minimum Gasteiger partial charge on any atom is -0.462 e. The maximum Gasteiger partial charge on any atom is 0.339 e. The molecule has 0 saturated carbocycles. The SMILES string of the molecule is C=C(C)COC(=O)c1ccccc1C(=O)OCCCCCCCC. The van der Waals surface area contributed by atoms with Crippen LogP contribution in [0.5, 0.6) is 0 Å².